The largest absolute Gasteiger partial charge is 0.500 e. The minimum Gasteiger partial charge on any atom is -0.500 e. The average molecular weight is 482 g/mol. The maximum atomic E-state index is 5.82. The highest BCUT2D eigenvalue weighted by Crippen LogP contribution is 2.40. The first-order chi connectivity index (χ1) is 18.3. The molecule has 2 aliphatic rings. The first-order valence-corrected chi connectivity index (χ1v) is 12.0. The molecule has 7 nitrogen and oxygen atoms in total. The van der Waals surface area contributed by atoms with Crippen LogP contribution in [0.1, 0.15) is 17.0 Å². The number of hydrogen-bond acceptors (Lipinski definition) is 3. The third kappa shape index (κ3) is 3.70. The molecule has 0 fully saturated rings. The molecule has 0 saturated heterocycles. The fourth-order valence-corrected chi connectivity index (χ4v) is 4.57. The summed E-state index contributed by atoms with van der Waals surface area (Å²) in [5.74, 6) is 1.40. The summed E-state index contributed by atoms with van der Waals surface area (Å²) in [7, 11) is 0. The smallest absolute Gasteiger partial charge is 0.336 e. The number of allylic oxidation sites excluding steroid dienone is 3. The number of rotatable bonds is 4. The van der Waals surface area contributed by atoms with Gasteiger partial charge < -0.3 is 4.84 Å². The summed E-state index contributed by atoms with van der Waals surface area (Å²) < 4.78 is 3.62. The maximum absolute atomic E-state index is 5.82. The lowest BCUT2D eigenvalue weighted by Crippen LogP contribution is -2.37. The van der Waals surface area contributed by atoms with Crippen molar-refractivity contribution in [2.45, 2.75) is 0 Å². The van der Waals surface area contributed by atoms with Crippen molar-refractivity contribution in [2.24, 2.45) is 0 Å². The van der Waals surface area contributed by atoms with Crippen molar-refractivity contribution in [1.29, 1.82) is 0 Å². The van der Waals surface area contributed by atoms with Gasteiger partial charge in [0, 0.05) is 22.5 Å². The van der Waals surface area contributed by atoms with Crippen LogP contribution in [0.25, 0.3) is 28.1 Å². The molecule has 0 saturated carbocycles. The van der Waals surface area contributed by atoms with Gasteiger partial charge in [0.05, 0.1) is 15.9 Å². The fourth-order valence-electron chi connectivity index (χ4n) is 4.57. The average Bonchev–Trinajstić information content (AvgIpc) is 3.72. The van der Waals surface area contributed by atoms with Gasteiger partial charge in [0.2, 0.25) is 11.9 Å². The Balaban J connectivity index is 1.41. The summed E-state index contributed by atoms with van der Waals surface area (Å²) in [5, 5.41) is 9.80. The standard InChI is InChI=1S/C30H21N6O/c1-4-12-22(13-5-1)34-21-29(37-33-34)27-20-28(26-19-11-10-18-25(26)27)30-31-36(24-16-8-3-9-17-24)32-35(30)23-14-6-2-7-15-23/h1-21H/q+1/b29-27+. The number of fused-ring (bicyclic) bond motifs is 1. The SMILES string of the molecule is C1=C(c2nn(-c3ccccc3)n[n+]2-c2ccccc2)c2ccccc2/C1=C1\C=[N+](c2ccccc2)[N-]O1. The Morgan fingerprint density at radius 1 is 0.676 bits per heavy atom. The van der Waals surface area contributed by atoms with Crippen LogP contribution in [0.3, 0.4) is 0 Å². The lowest BCUT2D eigenvalue weighted by Gasteiger charge is -2.09. The molecule has 2 heterocycles. The van der Waals surface area contributed by atoms with Gasteiger partial charge in [0.1, 0.15) is 5.69 Å². The van der Waals surface area contributed by atoms with Crippen molar-refractivity contribution < 1.29 is 14.2 Å². The van der Waals surface area contributed by atoms with E-state index in [1.54, 1.807) is 9.48 Å². The molecular weight excluding hydrogens is 460 g/mol. The van der Waals surface area contributed by atoms with Crippen molar-refractivity contribution in [3.8, 4) is 11.4 Å². The summed E-state index contributed by atoms with van der Waals surface area (Å²) in [6, 6.07) is 38.1. The molecule has 0 unspecified atom stereocenters. The predicted molar refractivity (Wildman–Crippen MR) is 140 cm³/mol. The van der Waals surface area contributed by atoms with E-state index in [1.807, 2.05) is 114 Å². The van der Waals surface area contributed by atoms with Crippen LogP contribution in [0.15, 0.2) is 127 Å². The van der Waals surface area contributed by atoms with Crippen LogP contribution in [-0.2, 0) is 4.84 Å². The van der Waals surface area contributed by atoms with Gasteiger partial charge in [0.15, 0.2) is 11.4 Å². The zero-order valence-electron chi connectivity index (χ0n) is 19.7. The van der Waals surface area contributed by atoms with Crippen LogP contribution in [0.5, 0.6) is 0 Å². The molecule has 0 amide bonds. The fraction of sp³-hybridized carbons (Fsp3) is 0. The second-order valence-electron chi connectivity index (χ2n) is 8.65. The minimum absolute atomic E-state index is 0.674. The molecule has 5 aromatic rings. The Labute approximate surface area is 213 Å². The van der Waals surface area contributed by atoms with E-state index < -0.39 is 0 Å². The molecule has 7 heteroatoms. The van der Waals surface area contributed by atoms with E-state index in [9.17, 15) is 0 Å². The van der Waals surface area contributed by atoms with Gasteiger partial charge in [-0.15, -0.1) is 0 Å². The molecule has 0 N–H and O–H groups in total. The molecular formula is C30H21N6O+. The van der Waals surface area contributed by atoms with Crippen LogP contribution in [0, 0.1) is 0 Å². The van der Waals surface area contributed by atoms with Crippen molar-refractivity contribution in [3.63, 3.8) is 0 Å². The topological polar surface area (TPSA) is 60.9 Å². The Morgan fingerprint density at radius 3 is 2.03 bits per heavy atom. The summed E-state index contributed by atoms with van der Waals surface area (Å²) >= 11 is 0. The molecule has 1 aliphatic carbocycles. The summed E-state index contributed by atoms with van der Waals surface area (Å²) in [5.41, 5.74) is 11.0. The van der Waals surface area contributed by atoms with Crippen molar-refractivity contribution >= 4 is 23.0 Å². The highest BCUT2D eigenvalue weighted by Gasteiger charge is 2.33. The van der Waals surface area contributed by atoms with Gasteiger partial charge in [0.25, 0.3) is 0 Å². The second-order valence-corrected chi connectivity index (χ2v) is 8.65. The third-order valence-electron chi connectivity index (χ3n) is 6.34. The van der Waals surface area contributed by atoms with Crippen molar-refractivity contribution in [1.82, 2.24) is 15.1 Å². The minimum atomic E-state index is 0.674. The number of para-hydroxylation sites is 3. The van der Waals surface area contributed by atoms with Crippen molar-refractivity contribution in [3.05, 3.63) is 150 Å². The van der Waals surface area contributed by atoms with Gasteiger partial charge in [-0.3, -0.25) is 5.59 Å². The second kappa shape index (κ2) is 8.73. The predicted octanol–water partition coefficient (Wildman–Crippen LogP) is 5.35. The maximum Gasteiger partial charge on any atom is 0.336 e. The van der Waals surface area contributed by atoms with Crippen molar-refractivity contribution in [2.75, 3.05) is 0 Å². The van der Waals surface area contributed by atoms with Gasteiger partial charge >= 0.3 is 5.82 Å². The summed E-state index contributed by atoms with van der Waals surface area (Å²) in [6.45, 7) is 0. The van der Waals surface area contributed by atoms with E-state index in [2.05, 4.69) is 23.8 Å². The van der Waals surface area contributed by atoms with Crippen LogP contribution < -0.4 is 4.68 Å². The molecule has 176 valence electrons. The molecule has 4 aromatic carbocycles. The highest BCUT2D eigenvalue weighted by atomic mass is 16.7. The Morgan fingerprint density at radius 2 is 1.30 bits per heavy atom. The monoisotopic (exact) mass is 481 g/mol. The lowest BCUT2D eigenvalue weighted by molar-refractivity contribution is -0.663. The van der Waals surface area contributed by atoms with E-state index >= 15 is 0 Å². The van der Waals surface area contributed by atoms with Gasteiger partial charge in [-0.25, -0.2) is 4.68 Å². The Kier molecular flexibility index (Phi) is 4.96. The molecule has 0 radical (unpaired) electrons. The van der Waals surface area contributed by atoms with Crippen LogP contribution in [0.2, 0.25) is 0 Å². The summed E-state index contributed by atoms with van der Waals surface area (Å²) in [4.78, 5) is 7.49. The van der Waals surface area contributed by atoms with Gasteiger partial charge in [-0.1, -0.05) is 83.5 Å². The number of aromatic nitrogens is 4. The van der Waals surface area contributed by atoms with E-state index in [0.29, 0.717) is 5.76 Å². The number of nitrogens with zero attached hydrogens (tertiary/aromatic N) is 6. The molecule has 37 heavy (non-hydrogen) atoms. The normalized spacial score (nSPS) is 16.0. The number of tetrazole rings is 1. The van der Waals surface area contributed by atoms with Crippen LogP contribution >= 0.6 is 0 Å². The molecule has 1 aromatic heterocycles. The molecule has 7 rings (SSSR count). The number of benzene rings is 4. The third-order valence-corrected chi connectivity index (χ3v) is 6.34. The van der Waals surface area contributed by atoms with E-state index in [1.165, 1.54) is 0 Å². The quantitative estimate of drug-likeness (QED) is 0.325. The lowest BCUT2D eigenvalue weighted by atomic mass is 10.0. The molecule has 0 spiro atoms. The van der Waals surface area contributed by atoms with E-state index in [0.717, 1.165) is 45.2 Å². The highest BCUT2D eigenvalue weighted by molar-refractivity contribution is 6.04. The molecule has 1 aliphatic heterocycles. The Bertz CT molecular complexity index is 1700. The van der Waals surface area contributed by atoms with Crippen LogP contribution in [0.4, 0.5) is 5.69 Å². The van der Waals surface area contributed by atoms with Crippen LogP contribution in [-0.4, -0.2) is 26.0 Å². The zero-order chi connectivity index (χ0) is 24.6. The van der Waals surface area contributed by atoms with Gasteiger partial charge in [-0.2, -0.15) is 0 Å². The van der Waals surface area contributed by atoms with Gasteiger partial charge in [-0.05, 0) is 41.5 Å². The first kappa shape index (κ1) is 21.0. The number of hydrogen-bond donors (Lipinski definition) is 0. The zero-order valence-corrected chi connectivity index (χ0v) is 19.7. The molecule has 0 atom stereocenters. The Hall–Kier alpha value is -5.30. The first-order valence-electron chi connectivity index (χ1n) is 12.0. The molecule has 0 bridgehead atoms. The summed E-state index contributed by atoms with van der Waals surface area (Å²) in [6.07, 6.45) is 4.02. The van der Waals surface area contributed by atoms with E-state index in [4.69, 9.17) is 15.1 Å². The van der Waals surface area contributed by atoms with E-state index in [-0.39, 0.29) is 0 Å².